The zero-order chi connectivity index (χ0) is 19.7. The van der Waals surface area contributed by atoms with Crippen LogP contribution in [0.3, 0.4) is 0 Å². The lowest BCUT2D eigenvalue weighted by Gasteiger charge is -2.20. The molecule has 0 aliphatic heterocycles. The number of aryl methyl sites for hydroxylation is 1. The van der Waals surface area contributed by atoms with Gasteiger partial charge < -0.3 is 21.2 Å². The topological polar surface area (TPSA) is 114 Å². The number of nitrogens with zero attached hydrogens (tertiary/aromatic N) is 2. The van der Waals surface area contributed by atoms with E-state index in [1.807, 2.05) is 19.1 Å². The van der Waals surface area contributed by atoms with Gasteiger partial charge in [0.2, 0.25) is 0 Å². The second-order valence-corrected chi connectivity index (χ2v) is 7.79. The van der Waals surface area contributed by atoms with Crippen LogP contribution in [0.1, 0.15) is 29.3 Å². The largest absolute Gasteiger partial charge is 0.466 e. The third kappa shape index (κ3) is 3.31. The van der Waals surface area contributed by atoms with Crippen molar-refractivity contribution in [1.82, 2.24) is 9.97 Å². The van der Waals surface area contributed by atoms with Gasteiger partial charge in [0.25, 0.3) is 0 Å². The number of hydrogen-bond donors (Lipinski definition) is 3. The highest BCUT2D eigenvalue weighted by Crippen LogP contribution is 2.40. The molecule has 0 saturated heterocycles. The van der Waals surface area contributed by atoms with Gasteiger partial charge in [-0.3, -0.25) is 4.79 Å². The molecule has 4 N–H and O–H groups in total. The molecule has 144 valence electrons. The Morgan fingerprint density at radius 1 is 1.46 bits per heavy atom. The predicted molar refractivity (Wildman–Crippen MR) is 112 cm³/mol. The molecule has 1 aromatic carbocycles. The van der Waals surface area contributed by atoms with Crippen LogP contribution >= 0.6 is 11.3 Å². The minimum absolute atomic E-state index is 0.0860. The summed E-state index contributed by atoms with van der Waals surface area (Å²) in [5.74, 6) is 0.533. The molecule has 0 amide bonds. The molecule has 0 saturated carbocycles. The highest BCUT2D eigenvalue weighted by Gasteiger charge is 2.29. The Balaban J connectivity index is 1.68. The van der Waals surface area contributed by atoms with Crippen LogP contribution in [0.4, 0.5) is 17.2 Å². The number of nitrogen functional groups attached to an aromatic ring is 1. The Bertz CT molecular complexity index is 1060. The smallest absolute Gasteiger partial charge is 0.309 e. The molecule has 4 rings (SSSR count). The molecule has 0 radical (unpaired) electrons. The lowest BCUT2D eigenvalue weighted by atomic mass is 9.88. The maximum atomic E-state index is 12.1. The van der Waals surface area contributed by atoms with E-state index in [0.29, 0.717) is 24.3 Å². The van der Waals surface area contributed by atoms with Crippen molar-refractivity contribution in [2.24, 2.45) is 5.92 Å². The monoisotopic (exact) mass is 395 g/mol. The van der Waals surface area contributed by atoms with Crippen LogP contribution in [0.2, 0.25) is 0 Å². The first kappa shape index (κ1) is 18.4. The van der Waals surface area contributed by atoms with E-state index in [0.717, 1.165) is 34.6 Å². The van der Waals surface area contributed by atoms with Crippen LogP contribution in [0, 0.1) is 11.3 Å². The van der Waals surface area contributed by atoms with Crippen molar-refractivity contribution in [2.45, 2.75) is 26.2 Å². The number of rotatable bonds is 5. The molecular formula is C20H21N5O2S. The van der Waals surface area contributed by atoms with E-state index < -0.39 is 0 Å². The number of nitrogens with one attached hydrogen (secondary N) is 2. The second-order valence-electron chi connectivity index (χ2n) is 6.71. The van der Waals surface area contributed by atoms with Crippen LogP contribution in [0.25, 0.3) is 10.2 Å². The number of anilines is 3. The molecule has 0 spiro atoms. The molecule has 0 bridgehead atoms. The summed E-state index contributed by atoms with van der Waals surface area (Å²) in [5, 5.41) is 11.8. The summed E-state index contributed by atoms with van der Waals surface area (Å²) < 4.78 is 5.20. The number of thiophene rings is 1. The molecular weight excluding hydrogens is 374 g/mol. The van der Waals surface area contributed by atoms with E-state index in [9.17, 15) is 4.79 Å². The molecule has 8 heteroatoms. The van der Waals surface area contributed by atoms with Crippen molar-refractivity contribution in [1.29, 1.82) is 5.41 Å². The zero-order valence-electron chi connectivity index (χ0n) is 15.5. The molecule has 1 aliphatic carbocycles. The average Bonchev–Trinajstić information content (AvgIpc) is 3.08. The first-order chi connectivity index (χ1) is 13.6. The Morgan fingerprint density at radius 3 is 3.11 bits per heavy atom. The van der Waals surface area contributed by atoms with Gasteiger partial charge >= 0.3 is 5.97 Å². The quantitative estimate of drug-likeness (QED) is 0.345. The van der Waals surface area contributed by atoms with Crippen LogP contribution in [-0.4, -0.2) is 28.8 Å². The third-order valence-corrected chi connectivity index (χ3v) is 6.13. The summed E-state index contributed by atoms with van der Waals surface area (Å²) in [6.45, 7) is 2.24. The van der Waals surface area contributed by atoms with E-state index in [4.69, 9.17) is 15.9 Å². The summed E-state index contributed by atoms with van der Waals surface area (Å²) >= 11 is 1.62. The summed E-state index contributed by atoms with van der Waals surface area (Å²) in [7, 11) is 0. The lowest BCUT2D eigenvalue weighted by Crippen LogP contribution is -2.23. The van der Waals surface area contributed by atoms with Gasteiger partial charge in [-0.1, -0.05) is 0 Å². The highest BCUT2D eigenvalue weighted by atomic mass is 32.1. The van der Waals surface area contributed by atoms with Crippen molar-refractivity contribution >= 4 is 50.9 Å². The van der Waals surface area contributed by atoms with E-state index in [2.05, 4.69) is 15.3 Å². The number of benzene rings is 1. The number of fused-ring (bicyclic) bond motifs is 3. The number of aromatic nitrogens is 2. The van der Waals surface area contributed by atoms with E-state index in [1.165, 1.54) is 16.7 Å². The van der Waals surface area contributed by atoms with Gasteiger partial charge in [0.1, 0.15) is 17.0 Å². The number of esters is 1. The minimum atomic E-state index is -0.115. The molecule has 1 aliphatic rings. The van der Waals surface area contributed by atoms with Gasteiger partial charge in [0.15, 0.2) is 0 Å². The average molecular weight is 395 g/mol. The van der Waals surface area contributed by atoms with Crippen molar-refractivity contribution in [3.63, 3.8) is 0 Å². The first-order valence-electron chi connectivity index (χ1n) is 9.19. The van der Waals surface area contributed by atoms with Crippen LogP contribution in [0.15, 0.2) is 24.5 Å². The van der Waals surface area contributed by atoms with Crippen molar-refractivity contribution in [3.8, 4) is 0 Å². The van der Waals surface area contributed by atoms with Gasteiger partial charge in [0, 0.05) is 28.0 Å². The fourth-order valence-electron chi connectivity index (χ4n) is 3.58. The maximum Gasteiger partial charge on any atom is 0.309 e. The van der Waals surface area contributed by atoms with E-state index >= 15 is 0 Å². The number of carbonyl (C=O) groups excluding carboxylic acids is 1. The number of hydrogen-bond acceptors (Lipinski definition) is 8. The molecule has 28 heavy (non-hydrogen) atoms. The summed E-state index contributed by atoms with van der Waals surface area (Å²) in [4.78, 5) is 23.1. The van der Waals surface area contributed by atoms with E-state index in [-0.39, 0.29) is 11.9 Å². The van der Waals surface area contributed by atoms with Crippen LogP contribution in [0.5, 0.6) is 0 Å². The fraction of sp³-hybridized carbons (Fsp3) is 0.300. The Kier molecular flexibility index (Phi) is 4.95. The SMILES string of the molecule is CCOC(=O)C1CCc2c(sc3ncnc(Nc4ccc(N)c(C=N)c4)c23)C1. The van der Waals surface area contributed by atoms with Crippen molar-refractivity contribution in [3.05, 3.63) is 40.5 Å². The normalized spacial score (nSPS) is 15.8. The standard InChI is InChI=1S/C20H21N5O2S/c1-2-27-20(26)11-3-5-14-16(8-11)28-19-17(14)18(23-10-24-19)25-13-4-6-15(22)12(7-13)9-21/h4,6-7,9-11,21H,2-3,5,8,22H2,1H3,(H,23,24,25). The summed E-state index contributed by atoms with van der Waals surface area (Å²) in [6.07, 6.45) is 5.04. The zero-order valence-corrected chi connectivity index (χ0v) is 16.3. The second kappa shape index (κ2) is 7.55. The lowest BCUT2D eigenvalue weighted by molar-refractivity contribution is -0.148. The maximum absolute atomic E-state index is 12.1. The molecule has 3 aromatic rings. The molecule has 2 aromatic heterocycles. The number of nitrogens with two attached hydrogens (primary N) is 1. The van der Waals surface area contributed by atoms with Crippen LogP contribution in [-0.2, 0) is 22.4 Å². The molecule has 7 nitrogen and oxygen atoms in total. The van der Waals surface area contributed by atoms with Gasteiger partial charge in [-0.15, -0.1) is 11.3 Å². The predicted octanol–water partition coefficient (Wildman–Crippen LogP) is 3.68. The van der Waals surface area contributed by atoms with Gasteiger partial charge in [0.05, 0.1) is 17.9 Å². The Morgan fingerprint density at radius 2 is 2.32 bits per heavy atom. The molecule has 1 unspecified atom stereocenters. The minimum Gasteiger partial charge on any atom is -0.466 e. The molecule has 2 heterocycles. The summed E-state index contributed by atoms with van der Waals surface area (Å²) in [5.41, 5.74) is 9.12. The summed E-state index contributed by atoms with van der Waals surface area (Å²) in [6, 6.07) is 5.46. The van der Waals surface area contributed by atoms with Gasteiger partial charge in [-0.05, 0) is 49.9 Å². The van der Waals surface area contributed by atoms with E-state index in [1.54, 1.807) is 23.7 Å². The van der Waals surface area contributed by atoms with Crippen molar-refractivity contribution < 1.29 is 9.53 Å². The first-order valence-corrected chi connectivity index (χ1v) is 10.0. The van der Waals surface area contributed by atoms with Crippen LogP contribution < -0.4 is 11.1 Å². The fourth-order valence-corrected chi connectivity index (χ4v) is 4.85. The highest BCUT2D eigenvalue weighted by molar-refractivity contribution is 7.19. The molecule has 1 atom stereocenters. The van der Waals surface area contributed by atoms with Gasteiger partial charge in [-0.2, -0.15) is 0 Å². The Labute approximate surface area is 166 Å². The van der Waals surface area contributed by atoms with Crippen molar-refractivity contribution in [2.75, 3.05) is 17.7 Å². The number of carbonyl (C=O) groups is 1. The number of ether oxygens (including phenoxy) is 1. The van der Waals surface area contributed by atoms with Gasteiger partial charge in [-0.25, -0.2) is 9.97 Å². The molecule has 0 fully saturated rings. The Hall–Kier alpha value is -3.00. The third-order valence-electron chi connectivity index (χ3n) is 4.97.